The Bertz CT molecular complexity index is 362. The molecule has 0 radical (unpaired) electrons. The average Bonchev–Trinajstić information content (AvgIpc) is 2.41. The van der Waals surface area contributed by atoms with Crippen LogP contribution in [0.4, 0.5) is 0 Å². The smallest absolute Gasteiger partial charge is 0.255 e. The molecule has 0 fully saturated rings. The van der Waals surface area contributed by atoms with Gasteiger partial charge in [0.25, 0.3) is 5.91 Å². The summed E-state index contributed by atoms with van der Waals surface area (Å²) in [4.78, 5) is 11.2. The second-order valence-electron chi connectivity index (χ2n) is 2.64. The molecular weight excluding hydrogens is 157 g/mol. The topological polar surface area (TPSA) is 22.0 Å². The highest BCUT2D eigenvalue weighted by Gasteiger charge is 2.18. The Morgan fingerprint density at radius 2 is 2.18 bits per heavy atom. The molecule has 1 atom stereocenters. The van der Waals surface area contributed by atoms with Crippen LogP contribution in [0.5, 0.6) is 0 Å². The fraction of sp³-hybridized carbons (Fsp3) is 0.125. The van der Waals surface area contributed by atoms with Gasteiger partial charge in [0.05, 0.1) is 5.69 Å². The van der Waals surface area contributed by atoms with Crippen LogP contribution in [0.25, 0.3) is 5.57 Å². The van der Waals surface area contributed by atoms with Crippen molar-refractivity contribution in [3.05, 3.63) is 23.9 Å². The van der Waals surface area contributed by atoms with Crippen LogP contribution in [0.3, 0.4) is 0 Å². The number of carbonyl (C=O) groups is 1. The van der Waals surface area contributed by atoms with Crippen LogP contribution in [-0.2, 0) is 0 Å². The molecule has 2 rings (SSSR count). The van der Waals surface area contributed by atoms with Crippen molar-refractivity contribution in [3.8, 4) is 0 Å². The number of hydrogen-bond donors (Lipinski definition) is 0. The molecule has 1 aliphatic heterocycles. The van der Waals surface area contributed by atoms with E-state index in [1.807, 2.05) is 19.1 Å². The monoisotopic (exact) mass is 165 g/mol. The van der Waals surface area contributed by atoms with Gasteiger partial charge in [0.1, 0.15) is 0 Å². The maximum Gasteiger partial charge on any atom is 0.255 e. The quantitative estimate of drug-likeness (QED) is 0.526. The van der Waals surface area contributed by atoms with Crippen LogP contribution < -0.4 is 5.44 Å². The number of aromatic nitrogens is 1. The Hall–Kier alpha value is -0.880. The third-order valence-electron chi connectivity index (χ3n) is 1.88. The summed E-state index contributed by atoms with van der Waals surface area (Å²) in [5.41, 5.74) is 2.99. The van der Waals surface area contributed by atoms with Crippen LogP contribution in [0, 0.1) is 0 Å². The number of fused-ring (bicyclic) bond motifs is 1. The SMILES string of the molecule is CC1=CC(=O)n2c(P)ccc21. The second-order valence-corrected chi connectivity index (χ2v) is 3.24. The van der Waals surface area contributed by atoms with Crippen LogP contribution >= 0.6 is 9.24 Å². The molecule has 0 aromatic carbocycles. The number of nitrogens with zero attached hydrogens (tertiary/aromatic N) is 1. The first-order chi connectivity index (χ1) is 5.20. The molecule has 2 nitrogen and oxygen atoms in total. The van der Waals surface area contributed by atoms with E-state index < -0.39 is 0 Å². The van der Waals surface area contributed by atoms with Crippen molar-refractivity contribution < 1.29 is 4.79 Å². The highest BCUT2D eigenvalue weighted by Crippen LogP contribution is 2.20. The first-order valence-corrected chi connectivity index (χ1v) is 3.98. The van der Waals surface area contributed by atoms with E-state index in [4.69, 9.17) is 0 Å². The Kier molecular flexibility index (Phi) is 1.27. The van der Waals surface area contributed by atoms with E-state index in [1.54, 1.807) is 10.6 Å². The lowest BCUT2D eigenvalue weighted by atomic mass is 10.2. The molecular formula is C8H8NOP. The summed E-state index contributed by atoms with van der Waals surface area (Å²) in [5.74, 6) is 0.0625. The molecule has 0 spiro atoms. The minimum Gasteiger partial charge on any atom is -0.277 e. The van der Waals surface area contributed by atoms with Gasteiger partial charge in [-0.25, -0.2) is 0 Å². The zero-order chi connectivity index (χ0) is 8.01. The maximum atomic E-state index is 11.2. The highest BCUT2D eigenvalue weighted by molar-refractivity contribution is 7.27. The zero-order valence-corrected chi connectivity index (χ0v) is 7.32. The number of allylic oxidation sites excluding steroid dienone is 2. The molecule has 3 heteroatoms. The van der Waals surface area contributed by atoms with Crippen LogP contribution in [-0.4, -0.2) is 10.5 Å². The van der Waals surface area contributed by atoms with E-state index >= 15 is 0 Å². The predicted octanol–water partition coefficient (Wildman–Crippen LogP) is 1.05. The maximum absolute atomic E-state index is 11.2. The standard InChI is InChI=1S/C8H8NOP/c1-5-4-7(10)9-6(5)2-3-8(9)11/h2-4H,11H2,1H3. The van der Waals surface area contributed by atoms with Crippen molar-refractivity contribution >= 4 is 26.2 Å². The molecule has 2 heterocycles. The van der Waals surface area contributed by atoms with Crippen LogP contribution in [0.2, 0.25) is 0 Å². The lowest BCUT2D eigenvalue weighted by Crippen LogP contribution is -2.14. The van der Waals surface area contributed by atoms with Crippen molar-refractivity contribution in [2.75, 3.05) is 0 Å². The molecule has 56 valence electrons. The van der Waals surface area contributed by atoms with Crippen molar-refractivity contribution in [1.29, 1.82) is 0 Å². The summed E-state index contributed by atoms with van der Waals surface area (Å²) < 4.78 is 1.69. The molecule has 1 aromatic rings. The van der Waals surface area contributed by atoms with Gasteiger partial charge in [-0.3, -0.25) is 9.36 Å². The minimum absolute atomic E-state index is 0.0625. The molecule has 1 unspecified atom stereocenters. The van der Waals surface area contributed by atoms with Gasteiger partial charge < -0.3 is 0 Å². The Morgan fingerprint density at radius 1 is 1.45 bits per heavy atom. The van der Waals surface area contributed by atoms with E-state index in [-0.39, 0.29) is 5.91 Å². The van der Waals surface area contributed by atoms with Crippen molar-refractivity contribution in [2.45, 2.75) is 6.92 Å². The summed E-state index contributed by atoms with van der Waals surface area (Å²) in [5, 5.41) is 0. The van der Waals surface area contributed by atoms with Crippen molar-refractivity contribution in [2.24, 2.45) is 0 Å². The van der Waals surface area contributed by atoms with E-state index in [9.17, 15) is 4.79 Å². The van der Waals surface area contributed by atoms with E-state index in [1.165, 1.54) is 0 Å². The van der Waals surface area contributed by atoms with Gasteiger partial charge in [-0.05, 0) is 24.6 Å². The molecule has 0 amide bonds. The van der Waals surface area contributed by atoms with E-state index in [0.29, 0.717) is 0 Å². The van der Waals surface area contributed by atoms with Gasteiger partial charge >= 0.3 is 0 Å². The van der Waals surface area contributed by atoms with Gasteiger partial charge in [0.2, 0.25) is 0 Å². The molecule has 1 aromatic heterocycles. The fourth-order valence-corrected chi connectivity index (χ4v) is 1.69. The number of carbonyl (C=O) groups excluding carboxylic acids is 1. The highest BCUT2D eigenvalue weighted by atomic mass is 31.0. The van der Waals surface area contributed by atoms with Crippen molar-refractivity contribution in [1.82, 2.24) is 4.57 Å². The summed E-state index contributed by atoms with van der Waals surface area (Å²) in [6.45, 7) is 1.95. The van der Waals surface area contributed by atoms with Crippen molar-refractivity contribution in [3.63, 3.8) is 0 Å². The lowest BCUT2D eigenvalue weighted by molar-refractivity contribution is 0.0978. The van der Waals surface area contributed by atoms with Crippen LogP contribution in [0.1, 0.15) is 17.4 Å². The molecule has 11 heavy (non-hydrogen) atoms. The zero-order valence-electron chi connectivity index (χ0n) is 6.16. The second kappa shape index (κ2) is 2.05. The average molecular weight is 165 g/mol. The van der Waals surface area contributed by atoms with Gasteiger partial charge in [-0.2, -0.15) is 0 Å². The Labute approximate surface area is 67.1 Å². The molecule has 0 saturated carbocycles. The molecule has 0 aliphatic carbocycles. The Morgan fingerprint density at radius 3 is 2.82 bits per heavy atom. The summed E-state index contributed by atoms with van der Waals surface area (Å²) >= 11 is 0. The number of rotatable bonds is 0. The van der Waals surface area contributed by atoms with E-state index in [0.717, 1.165) is 16.7 Å². The lowest BCUT2D eigenvalue weighted by Gasteiger charge is -1.97. The first-order valence-electron chi connectivity index (χ1n) is 3.40. The third-order valence-corrected chi connectivity index (χ3v) is 2.33. The summed E-state index contributed by atoms with van der Waals surface area (Å²) in [7, 11) is 2.54. The number of hydrogen-bond acceptors (Lipinski definition) is 1. The Balaban J connectivity index is 2.73. The van der Waals surface area contributed by atoms with Gasteiger partial charge in [-0.1, -0.05) is 9.24 Å². The van der Waals surface area contributed by atoms with Crippen LogP contribution in [0.15, 0.2) is 18.2 Å². The fourth-order valence-electron chi connectivity index (χ4n) is 1.33. The van der Waals surface area contributed by atoms with Gasteiger partial charge in [0.15, 0.2) is 0 Å². The molecule has 0 bridgehead atoms. The normalized spacial score (nSPS) is 15.1. The minimum atomic E-state index is 0.0625. The summed E-state index contributed by atoms with van der Waals surface area (Å²) in [6.07, 6.45) is 1.66. The first kappa shape index (κ1) is 6.81. The third kappa shape index (κ3) is 0.795. The molecule has 0 N–H and O–H groups in total. The van der Waals surface area contributed by atoms with E-state index in [2.05, 4.69) is 9.24 Å². The summed E-state index contributed by atoms with van der Waals surface area (Å²) in [6, 6.07) is 3.88. The largest absolute Gasteiger partial charge is 0.277 e. The van der Waals surface area contributed by atoms with Gasteiger partial charge in [0, 0.05) is 11.5 Å². The predicted molar refractivity (Wildman–Crippen MR) is 48.1 cm³/mol. The van der Waals surface area contributed by atoms with Gasteiger partial charge in [-0.15, -0.1) is 0 Å². The molecule has 1 aliphatic rings. The molecule has 0 saturated heterocycles.